The van der Waals surface area contributed by atoms with Gasteiger partial charge in [0.1, 0.15) is 5.82 Å². The first-order valence-electron chi connectivity index (χ1n) is 5.88. The van der Waals surface area contributed by atoms with Crippen LogP contribution in [0.4, 0.5) is 4.39 Å². The zero-order chi connectivity index (χ0) is 14.0. The second-order valence-electron chi connectivity index (χ2n) is 4.92. The Labute approximate surface area is 108 Å². The lowest BCUT2D eigenvalue weighted by Gasteiger charge is -2.33. The van der Waals surface area contributed by atoms with Gasteiger partial charge in [-0.25, -0.2) is 12.8 Å². The van der Waals surface area contributed by atoms with Crippen LogP contribution in [0.5, 0.6) is 0 Å². The van der Waals surface area contributed by atoms with Gasteiger partial charge in [0.25, 0.3) is 0 Å². The van der Waals surface area contributed by atoms with Gasteiger partial charge in [0, 0.05) is 6.26 Å². The molecule has 1 atom stereocenters. The molecule has 1 N–H and O–H groups in total. The van der Waals surface area contributed by atoms with Crippen LogP contribution in [-0.2, 0) is 9.84 Å². The molecule has 0 spiro atoms. The maximum Gasteiger partial charge on any atom is 0.154 e. The molecule has 1 unspecified atom stereocenters. The highest BCUT2D eigenvalue weighted by Crippen LogP contribution is 2.32. The van der Waals surface area contributed by atoms with Crippen molar-refractivity contribution in [2.75, 3.05) is 12.8 Å². The summed E-state index contributed by atoms with van der Waals surface area (Å²) in [5, 5.41) is 3.13. The highest BCUT2D eigenvalue weighted by atomic mass is 32.2. The highest BCUT2D eigenvalue weighted by Gasteiger charge is 2.39. The maximum absolute atomic E-state index is 13.3. The minimum absolute atomic E-state index is 0.361. The van der Waals surface area contributed by atoms with E-state index >= 15 is 0 Å². The lowest BCUT2D eigenvalue weighted by Crippen LogP contribution is -2.45. The van der Waals surface area contributed by atoms with E-state index in [0.29, 0.717) is 12.1 Å². The molecule has 0 saturated heterocycles. The van der Waals surface area contributed by atoms with E-state index < -0.39 is 20.6 Å². The Bertz CT molecular complexity index is 511. The minimum atomic E-state index is -3.27. The Morgan fingerprint density at radius 1 is 1.39 bits per heavy atom. The van der Waals surface area contributed by atoms with Crippen molar-refractivity contribution in [2.24, 2.45) is 0 Å². The lowest BCUT2D eigenvalue weighted by molar-refractivity contribution is 0.426. The fourth-order valence-corrected chi connectivity index (χ4v) is 2.52. The molecule has 0 aliphatic carbocycles. The van der Waals surface area contributed by atoms with Crippen molar-refractivity contribution in [1.82, 2.24) is 5.32 Å². The predicted octanol–water partition coefficient (Wildman–Crippen LogP) is 2.30. The van der Waals surface area contributed by atoms with E-state index in [1.807, 2.05) is 6.92 Å². The third-order valence-electron chi connectivity index (χ3n) is 3.24. The van der Waals surface area contributed by atoms with Crippen LogP contribution in [0, 0.1) is 5.82 Å². The Kier molecular flexibility index (Phi) is 4.50. The first kappa shape index (κ1) is 15.1. The normalized spacial score (nSPS) is 14.5. The second kappa shape index (κ2) is 5.36. The molecule has 0 heterocycles. The number of hydrogen-bond donors (Lipinski definition) is 1. The molecule has 0 aliphatic rings. The quantitative estimate of drug-likeness (QED) is 0.895. The van der Waals surface area contributed by atoms with Crippen LogP contribution in [0.3, 0.4) is 0 Å². The summed E-state index contributed by atoms with van der Waals surface area (Å²) in [6, 6.07) is 5.62. The summed E-state index contributed by atoms with van der Waals surface area (Å²) in [4.78, 5) is 0. The molecule has 1 aromatic carbocycles. The van der Waals surface area contributed by atoms with Crippen molar-refractivity contribution >= 4 is 9.84 Å². The van der Waals surface area contributed by atoms with E-state index in [1.54, 1.807) is 26.0 Å². The molecule has 0 radical (unpaired) electrons. The topological polar surface area (TPSA) is 46.2 Å². The summed E-state index contributed by atoms with van der Waals surface area (Å²) in [7, 11) is -3.27. The Morgan fingerprint density at radius 2 is 2.00 bits per heavy atom. The molecule has 18 heavy (non-hydrogen) atoms. The smallest absolute Gasteiger partial charge is 0.154 e. The fourth-order valence-electron chi connectivity index (χ4n) is 1.87. The van der Waals surface area contributed by atoms with Crippen molar-refractivity contribution in [3.05, 3.63) is 35.6 Å². The molecular weight excluding hydrogens is 253 g/mol. The van der Waals surface area contributed by atoms with Gasteiger partial charge >= 0.3 is 0 Å². The summed E-state index contributed by atoms with van der Waals surface area (Å²) in [6.45, 7) is 5.81. The number of hydrogen-bond acceptors (Lipinski definition) is 3. The Hall–Kier alpha value is -0.940. The molecule has 0 amide bonds. The molecule has 0 aromatic heterocycles. The average molecular weight is 273 g/mol. The van der Waals surface area contributed by atoms with Crippen LogP contribution in [0.2, 0.25) is 0 Å². The third kappa shape index (κ3) is 3.09. The molecule has 0 bridgehead atoms. The van der Waals surface area contributed by atoms with E-state index in [9.17, 15) is 12.8 Å². The summed E-state index contributed by atoms with van der Waals surface area (Å²) < 4.78 is 36.1. The van der Waals surface area contributed by atoms with Gasteiger partial charge in [0.05, 0.1) is 10.8 Å². The number of halogens is 1. The number of nitrogens with one attached hydrogen (secondary N) is 1. The first-order valence-corrected chi connectivity index (χ1v) is 7.77. The van der Waals surface area contributed by atoms with Crippen molar-refractivity contribution in [3.8, 4) is 0 Å². The second-order valence-corrected chi connectivity index (χ2v) is 7.52. The minimum Gasteiger partial charge on any atom is -0.309 e. The number of benzene rings is 1. The van der Waals surface area contributed by atoms with E-state index in [0.717, 1.165) is 0 Å². The number of rotatable bonds is 5. The van der Waals surface area contributed by atoms with Crippen molar-refractivity contribution < 1.29 is 12.8 Å². The van der Waals surface area contributed by atoms with Crippen LogP contribution in [0.1, 0.15) is 32.4 Å². The molecule has 1 aromatic rings. The van der Waals surface area contributed by atoms with Gasteiger partial charge < -0.3 is 5.32 Å². The molecule has 0 saturated carbocycles. The average Bonchev–Trinajstić information content (AvgIpc) is 2.24. The van der Waals surface area contributed by atoms with Gasteiger partial charge in [-0.05, 0) is 38.1 Å². The Balaban J connectivity index is 3.27. The third-order valence-corrected chi connectivity index (χ3v) is 5.39. The van der Waals surface area contributed by atoms with Crippen molar-refractivity contribution in [2.45, 2.75) is 31.6 Å². The van der Waals surface area contributed by atoms with Crippen LogP contribution >= 0.6 is 0 Å². The van der Waals surface area contributed by atoms with Crippen LogP contribution in [-0.4, -0.2) is 26.0 Å². The van der Waals surface area contributed by atoms with E-state index in [2.05, 4.69) is 5.32 Å². The largest absolute Gasteiger partial charge is 0.309 e. The molecule has 1 rings (SSSR count). The van der Waals surface area contributed by atoms with Crippen LogP contribution in [0.25, 0.3) is 0 Å². The van der Waals surface area contributed by atoms with Crippen molar-refractivity contribution in [3.63, 3.8) is 0 Å². The monoisotopic (exact) mass is 273 g/mol. The van der Waals surface area contributed by atoms with Crippen LogP contribution in [0.15, 0.2) is 24.3 Å². The summed E-state index contributed by atoms with van der Waals surface area (Å²) in [5.41, 5.74) is 0.646. The Morgan fingerprint density at radius 3 is 2.44 bits per heavy atom. The molecule has 0 fully saturated rings. The van der Waals surface area contributed by atoms with E-state index in [1.165, 1.54) is 18.4 Å². The summed E-state index contributed by atoms with van der Waals surface area (Å²) in [5.74, 6) is -0.361. The van der Waals surface area contributed by atoms with Crippen LogP contribution < -0.4 is 5.32 Å². The fraction of sp³-hybridized carbons (Fsp3) is 0.538. The van der Waals surface area contributed by atoms with E-state index in [4.69, 9.17) is 0 Å². The zero-order valence-electron chi connectivity index (χ0n) is 11.2. The van der Waals surface area contributed by atoms with Crippen molar-refractivity contribution in [1.29, 1.82) is 0 Å². The number of sulfone groups is 1. The van der Waals surface area contributed by atoms with Gasteiger partial charge in [-0.1, -0.05) is 19.1 Å². The highest BCUT2D eigenvalue weighted by molar-refractivity contribution is 7.92. The molecular formula is C13H20FNO2S. The SMILES string of the molecule is CCNC(c1cccc(F)c1)C(C)(C)S(C)(=O)=O. The van der Waals surface area contributed by atoms with Gasteiger partial charge in [-0.15, -0.1) is 0 Å². The standard InChI is InChI=1S/C13H20FNO2S/c1-5-15-12(13(2,3)18(4,16)17)10-7-6-8-11(14)9-10/h6-9,12,15H,5H2,1-4H3. The lowest BCUT2D eigenvalue weighted by atomic mass is 9.95. The molecule has 3 nitrogen and oxygen atoms in total. The predicted molar refractivity (Wildman–Crippen MR) is 71.7 cm³/mol. The summed E-state index contributed by atoms with van der Waals surface area (Å²) in [6.07, 6.45) is 1.20. The zero-order valence-corrected chi connectivity index (χ0v) is 12.0. The summed E-state index contributed by atoms with van der Waals surface area (Å²) >= 11 is 0. The molecule has 0 aliphatic heterocycles. The van der Waals surface area contributed by atoms with Gasteiger partial charge in [-0.2, -0.15) is 0 Å². The molecule has 102 valence electrons. The molecule has 5 heteroatoms. The van der Waals surface area contributed by atoms with E-state index in [-0.39, 0.29) is 5.82 Å². The van der Waals surface area contributed by atoms with Gasteiger partial charge in [0.2, 0.25) is 0 Å². The first-order chi connectivity index (χ1) is 8.20. The maximum atomic E-state index is 13.3. The van der Waals surface area contributed by atoms with Gasteiger partial charge in [0.15, 0.2) is 9.84 Å². The van der Waals surface area contributed by atoms with Gasteiger partial charge in [-0.3, -0.25) is 0 Å².